The molecule has 33 heavy (non-hydrogen) atoms. The molecule has 0 aromatic heterocycles. The van der Waals surface area contributed by atoms with Crippen LogP contribution in [0.5, 0.6) is 0 Å². The Morgan fingerprint density at radius 1 is 0.909 bits per heavy atom. The summed E-state index contributed by atoms with van der Waals surface area (Å²) in [4.78, 5) is 12.4. The molecule has 0 radical (unpaired) electrons. The lowest BCUT2D eigenvalue weighted by molar-refractivity contribution is -0.122. The van der Waals surface area contributed by atoms with Gasteiger partial charge < -0.3 is 16.0 Å². The first kappa shape index (κ1) is 30.9. The SMILES string of the molecule is CCCCCCCCCCCCCC(=O)N[C@H](NC(=S)Nc1ccc(Cl)cc1Cl)C(Cl)(Cl)Cl. The van der Waals surface area contributed by atoms with Crippen LogP contribution in [-0.2, 0) is 4.79 Å². The molecule has 0 bridgehead atoms. The van der Waals surface area contributed by atoms with Gasteiger partial charge in [-0.05, 0) is 36.8 Å². The Bertz CT molecular complexity index is 731. The minimum atomic E-state index is -1.80. The zero-order valence-corrected chi connectivity index (χ0v) is 23.6. The van der Waals surface area contributed by atoms with Crippen molar-refractivity contribution in [2.75, 3.05) is 5.32 Å². The monoisotopic (exact) mass is 575 g/mol. The molecule has 1 atom stereocenters. The van der Waals surface area contributed by atoms with Crippen molar-refractivity contribution in [1.29, 1.82) is 0 Å². The van der Waals surface area contributed by atoms with Crippen molar-refractivity contribution in [3.05, 3.63) is 28.2 Å². The molecule has 1 amide bonds. The summed E-state index contributed by atoms with van der Waals surface area (Å²) >= 11 is 35.4. The van der Waals surface area contributed by atoms with Crippen molar-refractivity contribution in [3.63, 3.8) is 0 Å². The summed E-state index contributed by atoms with van der Waals surface area (Å²) in [5, 5.41) is 9.46. The topological polar surface area (TPSA) is 53.2 Å². The number of nitrogens with one attached hydrogen (secondary N) is 3. The third kappa shape index (κ3) is 14.7. The summed E-state index contributed by atoms with van der Waals surface area (Å²) in [6.45, 7) is 2.24. The van der Waals surface area contributed by atoms with Crippen LogP contribution in [0, 0.1) is 0 Å². The van der Waals surface area contributed by atoms with E-state index in [4.69, 9.17) is 70.2 Å². The van der Waals surface area contributed by atoms with Crippen LogP contribution in [0.4, 0.5) is 5.69 Å². The predicted molar refractivity (Wildman–Crippen MR) is 149 cm³/mol. The van der Waals surface area contributed by atoms with Crippen LogP contribution in [0.15, 0.2) is 18.2 Å². The molecule has 0 fully saturated rings. The summed E-state index contributed by atoms with van der Waals surface area (Å²) in [5.74, 6) is -0.206. The van der Waals surface area contributed by atoms with Gasteiger partial charge in [-0.25, -0.2) is 0 Å². The fourth-order valence-electron chi connectivity index (χ4n) is 3.26. The van der Waals surface area contributed by atoms with Crippen LogP contribution in [-0.4, -0.2) is 21.0 Å². The minimum absolute atomic E-state index is 0.144. The van der Waals surface area contributed by atoms with Crippen molar-refractivity contribution in [2.24, 2.45) is 0 Å². The number of hydrogen-bond donors (Lipinski definition) is 3. The Hall–Kier alpha value is -0.170. The number of thiocarbonyl (C=S) groups is 1. The highest BCUT2D eigenvalue weighted by molar-refractivity contribution is 7.80. The van der Waals surface area contributed by atoms with Gasteiger partial charge in [0.1, 0.15) is 6.17 Å². The molecule has 0 spiro atoms. The highest BCUT2D eigenvalue weighted by Gasteiger charge is 2.34. The van der Waals surface area contributed by atoms with Gasteiger partial charge in [0.2, 0.25) is 9.70 Å². The molecule has 0 heterocycles. The Morgan fingerprint density at radius 2 is 1.45 bits per heavy atom. The van der Waals surface area contributed by atoms with Gasteiger partial charge in [0.15, 0.2) is 5.11 Å². The van der Waals surface area contributed by atoms with Crippen LogP contribution < -0.4 is 16.0 Å². The van der Waals surface area contributed by atoms with Crippen molar-refractivity contribution in [3.8, 4) is 0 Å². The lowest BCUT2D eigenvalue weighted by Crippen LogP contribution is -2.56. The number of hydrogen-bond acceptors (Lipinski definition) is 2. The second-order valence-electron chi connectivity index (χ2n) is 8.05. The number of alkyl halides is 3. The number of unbranched alkanes of at least 4 members (excludes halogenated alkanes) is 10. The van der Waals surface area contributed by atoms with Crippen molar-refractivity contribution >= 4 is 86.9 Å². The molecule has 4 nitrogen and oxygen atoms in total. The molecule has 0 saturated carbocycles. The summed E-state index contributed by atoms with van der Waals surface area (Å²) in [6.07, 6.45) is 12.7. The molecule has 0 aliphatic heterocycles. The summed E-state index contributed by atoms with van der Waals surface area (Å²) < 4.78 is -1.80. The van der Waals surface area contributed by atoms with Gasteiger partial charge in [-0.2, -0.15) is 0 Å². The van der Waals surface area contributed by atoms with Gasteiger partial charge in [0.05, 0.1) is 10.7 Å². The van der Waals surface area contributed by atoms with Gasteiger partial charge in [-0.1, -0.05) is 129 Å². The van der Waals surface area contributed by atoms with E-state index in [2.05, 4.69) is 22.9 Å². The number of rotatable bonds is 15. The van der Waals surface area contributed by atoms with E-state index in [9.17, 15) is 4.79 Å². The Kier molecular flexibility index (Phi) is 16.2. The Labute approximate surface area is 228 Å². The van der Waals surface area contributed by atoms with E-state index in [1.165, 1.54) is 51.4 Å². The van der Waals surface area contributed by atoms with E-state index in [1.54, 1.807) is 18.2 Å². The lowest BCUT2D eigenvalue weighted by atomic mass is 10.1. The maximum Gasteiger partial charge on any atom is 0.228 e. The molecular weight excluding hydrogens is 544 g/mol. The number of carbonyl (C=O) groups excluding carboxylic acids is 1. The van der Waals surface area contributed by atoms with Gasteiger partial charge >= 0.3 is 0 Å². The smallest absolute Gasteiger partial charge is 0.228 e. The Balaban J connectivity index is 2.30. The van der Waals surface area contributed by atoms with E-state index >= 15 is 0 Å². The number of carbonyl (C=O) groups is 1. The molecule has 1 aromatic carbocycles. The number of halogens is 5. The highest BCUT2D eigenvalue weighted by Crippen LogP contribution is 2.30. The van der Waals surface area contributed by atoms with Gasteiger partial charge in [0.25, 0.3) is 0 Å². The van der Waals surface area contributed by atoms with Crippen molar-refractivity contribution in [2.45, 2.75) is 93.9 Å². The van der Waals surface area contributed by atoms with Crippen LogP contribution in [0.1, 0.15) is 84.0 Å². The van der Waals surface area contributed by atoms with E-state index in [0.717, 1.165) is 19.3 Å². The molecule has 188 valence electrons. The molecule has 1 aromatic rings. The number of benzene rings is 1. The predicted octanol–water partition coefficient (Wildman–Crippen LogP) is 8.79. The first-order valence-corrected chi connectivity index (χ1v) is 13.8. The van der Waals surface area contributed by atoms with Gasteiger partial charge in [-0.3, -0.25) is 4.79 Å². The van der Waals surface area contributed by atoms with Gasteiger partial charge in [-0.15, -0.1) is 0 Å². The first-order valence-electron chi connectivity index (χ1n) is 11.5. The average Bonchev–Trinajstić information content (AvgIpc) is 2.73. The lowest BCUT2D eigenvalue weighted by Gasteiger charge is -2.28. The van der Waals surface area contributed by atoms with Crippen molar-refractivity contribution in [1.82, 2.24) is 10.6 Å². The second kappa shape index (κ2) is 17.3. The van der Waals surface area contributed by atoms with E-state index in [0.29, 0.717) is 22.2 Å². The summed E-state index contributed by atoms with van der Waals surface area (Å²) in [6, 6.07) is 4.92. The maximum absolute atomic E-state index is 12.4. The van der Waals surface area contributed by atoms with Gasteiger partial charge in [0, 0.05) is 11.4 Å². The second-order valence-corrected chi connectivity index (χ2v) is 11.7. The van der Waals surface area contributed by atoms with E-state index in [-0.39, 0.29) is 11.0 Å². The van der Waals surface area contributed by atoms with Crippen molar-refractivity contribution < 1.29 is 4.79 Å². The highest BCUT2D eigenvalue weighted by atomic mass is 35.6. The summed E-state index contributed by atoms with van der Waals surface area (Å²) in [5.41, 5.74) is 0.536. The molecule has 0 aliphatic rings. The summed E-state index contributed by atoms with van der Waals surface area (Å²) in [7, 11) is 0. The van der Waals surface area contributed by atoms with E-state index in [1.807, 2.05) is 0 Å². The largest absolute Gasteiger partial charge is 0.339 e. The quantitative estimate of drug-likeness (QED) is 0.0844. The maximum atomic E-state index is 12.4. The third-order valence-corrected chi connectivity index (χ3v) is 6.52. The number of anilines is 1. The molecular formula is C23H34Cl5N3OS. The Morgan fingerprint density at radius 3 is 1.97 bits per heavy atom. The molecule has 1 rings (SSSR count). The molecule has 0 unspecified atom stereocenters. The molecule has 0 saturated heterocycles. The van der Waals surface area contributed by atoms with Crippen LogP contribution in [0.3, 0.4) is 0 Å². The zero-order valence-electron chi connectivity index (χ0n) is 19.0. The zero-order chi connectivity index (χ0) is 24.7. The van der Waals surface area contributed by atoms with E-state index < -0.39 is 9.96 Å². The third-order valence-electron chi connectivity index (χ3n) is 5.09. The first-order chi connectivity index (χ1) is 15.6. The van der Waals surface area contributed by atoms with Crippen LogP contribution >= 0.6 is 70.2 Å². The average molecular weight is 578 g/mol. The molecule has 10 heteroatoms. The molecule has 3 N–H and O–H groups in total. The van der Waals surface area contributed by atoms with Crippen LogP contribution in [0.2, 0.25) is 10.0 Å². The van der Waals surface area contributed by atoms with Crippen LogP contribution in [0.25, 0.3) is 0 Å². The molecule has 0 aliphatic carbocycles. The standard InChI is InChI=1S/C23H34Cl5N3OS/c1-2-3-4-5-6-7-8-9-10-11-12-13-20(32)30-21(23(26,27)28)31-22(33)29-19-15-14-17(24)16-18(19)25/h14-16,21H,2-13H2,1H3,(H,30,32)(H2,29,31,33)/t21-/m1/s1. The minimum Gasteiger partial charge on any atom is -0.339 e. The normalized spacial score (nSPS) is 12.3. The number of amides is 1. The fraction of sp³-hybridized carbons (Fsp3) is 0.652. The fourth-order valence-corrected chi connectivity index (χ4v) is 4.27.